The molecule has 0 aromatic heterocycles. The van der Waals surface area contributed by atoms with Crippen molar-refractivity contribution >= 4 is 52.2 Å². The number of nitrogens with one attached hydrogen (secondary N) is 1. The van der Waals surface area contributed by atoms with Crippen molar-refractivity contribution in [2.45, 2.75) is 12.5 Å². The van der Waals surface area contributed by atoms with Gasteiger partial charge in [-0.2, -0.15) is 0 Å². The van der Waals surface area contributed by atoms with Gasteiger partial charge in [0.25, 0.3) is 0 Å². The zero-order valence-electron chi connectivity index (χ0n) is 11.7. The molecule has 1 atom stereocenters. The van der Waals surface area contributed by atoms with Crippen molar-refractivity contribution < 1.29 is 14.7 Å². The zero-order valence-corrected chi connectivity index (χ0v) is 14.0. The summed E-state index contributed by atoms with van der Waals surface area (Å²) in [5.74, 6) is -2.36. The predicted octanol–water partition coefficient (Wildman–Crippen LogP) is 4.84. The molecule has 1 unspecified atom stereocenters. The lowest BCUT2D eigenvalue weighted by Crippen LogP contribution is -2.20. The molecule has 23 heavy (non-hydrogen) atoms. The molecule has 2 N–H and O–H groups in total. The monoisotopic (exact) mass is 371 g/mol. The molecule has 0 aliphatic carbocycles. The molecule has 2 aromatic rings. The Bertz CT molecular complexity index is 732. The quantitative estimate of drug-likeness (QED) is 0.712. The number of Topliss-reactive ketones (excluding diaryl/α,β-unsaturated/α-hetero) is 1. The number of hydrogen-bond acceptors (Lipinski definition) is 3. The average molecular weight is 373 g/mol. The van der Waals surface area contributed by atoms with Crippen LogP contribution in [-0.4, -0.2) is 16.9 Å². The first-order chi connectivity index (χ1) is 10.9. The van der Waals surface area contributed by atoms with Crippen LogP contribution in [0.15, 0.2) is 42.5 Å². The van der Waals surface area contributed by atoms with Gasteiger partial charge in [0.15, 0.2) is 0 Å². The number of hydrogen-bond donors (Lipinski definition) is 2. The highest BCUT2D eigenvalue weighted by Crippen LogP contribution is 2.29. The molecule has 0 heterocycles. The molecule has 0 aliphatic heterocycles. The maximum absolute atomic E-state index is 11.6. The smallest absolute Gasteiger partial charge is 0.372 e. The molecule has 2 aromatic carbocycles. The summed E-state index contributed by atoms with van der Waals surface area (Å²) < 4.78 is 0. The number of carboxylic acids is 1. The fourth-order valence-corrected chi connectivity index (χ4v) is 2.43. The Morgan fingerprint density at radius 1 is 1.00 bits per heavy atom. The molecule has 7 heteroatoms. The molecular formula is C16H12Cl3NO3. The summed E-state index contributed by atoms with van der Waals surface area (Å²) in [6, 6.07) is 11.2. The van der Waals surface area contributed by atoms with E-state index in [0.717, 1.165) is 5.56 Å². The number of carbonyl (C=O) groups excluding carboxylic acids is 1. The van der Waals surface area contributed by atoms with Crippen LogP contribution in [0, 0.1) is 0 Å². The second-order valence-corrected chi connectivity index (χ2v) is 6.06. The van der Waals surface area contributed by atoms with E-state index in [4.69, 9.17) is 39.9 Å². The van der Waals surface area contributed by atoms with Gasteiger partial charge in [0.05, 0.1) is 16.1 Å². The largest absolute Gasteiger partial charge is 0.475 e. The average Bonchev–Trinajstić information content (AvgIpc) is 2.51. The van der Waals surface area contributed by atoms with Crippen molar-refractivity contribution in [1.29, 1.82) is 0 Å². The Morgan fingerprint density at radius 3 is 2.22 bits per heavy atom. The molecule has 4 nitrogen and oxygen atoms in total. The van der Waals surface area contributed by atoms with Gasteiger partial charge in [0, 0.05) is 17.1 Å². The number of carboxylic acid groups (broad SMARTS) is 1. The lowest BCUT2D eigenvalue weighted by molar-refractivity contribution is -0.149. The molecular weight excluding hydrogens is 361 g/mol. The van der Waals surface area contributed by atoms with Crippen LogP contribution < -0.4 is 5.32 Å². The normalized spacial score (nSPS) is 11.8. The van der Waals surface area contributed by atoms with E-state index >= 15 is 0 Å². The highest BCUT2D eigenvalue weighted by Gasteiger charge is 2.21. The van der Waals surface area contributed by atoms with E-state index < -0.39 is 17.8 Å². The minimum absolute atomic E-state index is 0.211. The van der Waals surface area contributed by atoms with Crippen molar-refractivity contribution in [3.63, 3.8) is 0 Å². The van der Waals surface area contributed by atoms with Crippen LogP contribution in [0.3, 0.4) is 0 Å². The van der Waals surface area contributed by atoms with E-state index in [1.807, 2.05) is 0 Å². The first-order valence-electron chi connectivity index (χ1n) is 6.60. The molecule has 0 saturated carbocycles. The molecule has 0 saturated heterocycles. The van der Waals surface area contributed by atoms with Crippen LogP contribution >= 0.6 is 34.8 Å². The summed E-state index contributed by atoms with van der Waals surface area (Å²) >= 11 is 17.7. The van der Waals surface area contributed by atoms with Gasteiger partial charge in [-0.15, -0.1) is 0 Å². The molecule has 0 aliphatic rings. The Kier molecular flexibility index (Phi) is 5.88. The number of halogens is 3. The van der Waals surface area contributed by atoms with Crippen LogP contribution in [0.2, 0.25) is 15.1 Å². The number of benzene rings is 2. The fraction of sp³-hybridized carbons (Fsp3) is 0.125. The standard InChI is InChI=1S/C16H12Cl3NO3/c17-10-3-1-9(2-4-10)14(8-15(21)16(22)23)20-11-5-6-12(18)13(19)7-11/h1-7,14,20H,8H2,(H,22,23). The van der Waals surface area contributed by atoms with Gasteiger partial charge < -0.3 is 10.4 Å². The third kappa shape index (κ3) is 4.86. The van der Waals surface area contributed by atoms with Gasteiger partial charge in [0.1, 0.15) is 0 Å². The highest BCUT2D eigenvalue weighted by atomic mass is 35.5. The predicted molar refractivity (Wildman–Crippen MR) is 91.5 cm³/mol. The molecule has 120 valence electrons. The van der Waals surface area contributed by atoms with Gasteiger partial charge in [-0.05, 0) is 35.9 Å². The summed E-state index contributed by atoms with van der Waals surface area (Å²) in [4.78, 5) is 22.4. The number of ketones is 1. The van der Waals surface area contributed by atoms with E-state index in [-0.39, 0.29) is 6.42 Å². The maximum Gasteiger partial charge on any atom is 0.372 e. The lowest BCUT2D eigenvalue weighted by atomic mass is 10.0. The number of rotatable bonds is 6. The van der Waals surface area contributed by atoms with Crippen molar-refractivity contribution in [2.75, 3.05) is 5.32 Å². The molecule has 0 bridgehead atoms. The summed E-state index contributed by atoms with van der Waals surface area (Å²) in [7, 11) is 0. The summed E-state index contributed by atoms with van der Waals surface area (Å²) in [5, 5.41) is 13.2. The van der Waals surface area contributed by atoms with Crippen molar-refractivity contribution in [3.8, 4) is 0 Å². The van der Waals surface area contributed by atoms with E-state index in [2.05, 4.69) is 5.32 Å². The van der Waals surface area contributed by atoms with Crippen LogP contribution in [0.4, 0.5) is 5.69 Å². The van der Waals surface area contributed by atoms with Gasteiger partial charge in [0.2, 0.25) is 5.78 Å². The fourth-order valence-electron chi connectivity index (χ4n) is 2.01. The Labute approximate surface area is 148 Å². The molecule has 0 spiro atoms. The number of carbonyl (C=O) groups is 2. The Balaban J connectivity index is 2.28. The van der Waals surface area contributed by atoms with Gasteiger partial charge in [-0.1, -0.05) is 46.9 Å². The van der Waals surface area contributed by atoms with Gasteiger partial charge in [-0.25, -0.2) is 4.79 Å². The summed E-state index contributed by atoms with van der Waals surface area (Å²) in [5.41, 5.74) is 1.35. The molecule has 0 fully saturated rings. The van der Waals surface area contributed by atoms with Crippen molar-refractivity contribution in [3.05, 3.63) is 63.1 Å². The number of aliphatic carboxylic acids is 1. The van der Waals surface area contributed by atoms with E-state index in [1.165, 1.54) is 0 Å². The van der Waals surface area contributed by atoms with Crippen molar-refractivity contribution in [2.24, 2.45) is 0 Å². The first kappa shape index (κ1) is 17.6. The Morgan fingerprint density at radius 2 is 1.65 bits per heavy atom. The minimum atomic E-state index is -1.47. The van der Waals surface area contributed by atoms with Gasteiger partial charge in [-0.3, -0.25) is 4.79 Å². The first-order valence-corrected chi connectivity index (χ1v) is 7.73. The van der Waals surface area contributed by atoms with Crippen LogP contribution in [-0.2, 0) is 9.59 Å². The maximum atomic E-state index is 11.6. The molecule has 0 amide bonds. The lowest BCUT2D eigenvalue weighted by Gasteiger charge is -2.19. The van der Waals surface area contributed by atoms with E-state index in [9.17, 15) is 9.59 Å². The van der Waals surface area contributed by atoms with Crippen LogP contribution in [0.25, 0.3) is 0 Å². The molecule has 2 rings (SSSR count). The SMILES string of the molecule is O=C(O)C(=O)CC(Nc1ccc(Cl)c(Cl)c1)c1ccc(Cl)cc1. The van der Waals surface area contributed by atoms with Gasteiger partial charge >= 0.3 is 5.97 Å². The third-order valence-electron chi connectivity index (χ3n) is 3.16. The zero-order chi connectivity index (χ0) is 17.0. The summed E-state index contributed by atoms with van der Waals surface area (Å²) in [6.45, 7) is 0. The second kappa shape index (κ2) is 7.68. The van der Waals surface area contributed by atoms with Crippen LogP contribution in [0.5, 0.6) is 0 Å². The second-order valence-electron chi connectivity index (χ2n) is 4.81. The number of anilines is 1. The third-order valence-corrected chi connectivity index (χ3v) is 4.15. The summed E-state index contributed by atoms with van der Waals surface area (Å²) in [6.07, 6.45) is -0.211. The molecule has 0 radical (unpaired) electrons. The Hall–Kier alpha value is -1.75. The van der Waals surface area contributed by atoms with Crippen molar-refractivity contribution in [1.82, 2.24) is 0 Å². The van der Waals surface area contributed by atoms with Crippen LogP contribution in [0.1, 0.15) is 18.0 Å². The van der Waals surface area contributed by atoms with E-state index in [0.29, 0.717) is 20.8 Å². The van der Waals surface area contributed by atoms with E-state index in [1.54, 1.807) is 42.5 Å². The topological polar surface area (TPSA) is 66.4 Å². The minimum Gasteiger partial charge on any atom is -0.475 e. The highest BCUT2D eigenvalue weighted by molar-refractivity contribution is 6.42.